The highest BCUT2D eigenvalue weighted by Crippen LogP contribution is 2.46. The lowest BCUT2D eigenvalue weighted by Gasteiger charge is -2.38. The highest BCUT2D eigenvalue weighted by atomic mass is 35.5. The summed E-state index contributed by atoms with van der Waals surface area (Å²) >= 11 is 7.79. The van der Waals surface area contributed by atoms with Crippen LogP contribution in [0.15, 0.2) is 65.0 Å². The molecule has 0 amide bonds. The Balaban J connectivity index is 1.54. The lowest BCUT2D eigenvalue weighted by Crippen LogP contribution is -2.36. The van der Waals surface area contributed by atoms with Crippen molar-refractivity contribution in [3.05, 3.63) is 76.0 Å². The van der Waals surface area contributed by atoms with E-state index in [-0.39, 0.29) is 16.9 Å². The molecule has 32 heavy (non-hydrogen) atoms. The second-order valence-electron chi connectivity index (χ2n) is 9.00. The molecule has 3 aromatic rings. The normalized spacial score (nSPS) is 19.3. The van der Waals surface area contributed by atoms with E-state index in [9.17, 15) is 9.90 Å². The van der Waals surface area contributed by atoms with Gasteiger partial charge in [0.05, 0.1) is 0 Å². The van der Waals surface area contributed by atoms with Crippen molar-refractivity contribution in [1.29, 1.82) is 0 Å². The van der Waals surface area contributed by atoms with Crippen LogP contribution >= 0.6 is 23.4 Å². The maximum absolute atomic E-state index is 13.2. The molecule has 1 unspecified atom stereocenters. The quantitative estimate of drug-likeness (QED) is 0.488. The van der Waals surface area contributed by atoms with E-state index in [2.05, 4.69) is 19.2 Å². The van der Waals surface area contributed by atoms with Crippen molar-refractivity contribution in [2.45, 2.75) is 43.6 Å². The van der Waals surface area contributed by atoms with Crippen molar-refractivity contribution < 1.29 is 9.90 Å². The standard InChI is InChI=1S/C24H23ClN4O2S/c1-24(2)11-18-20(19(31)12-24)21(14-7-5-8-16(30)10-14)29-22(26-18)27-23(28-29)32-13-15-6-3-4-9-17(15)25/h3-10,21,30H,11-13H2,1-2H3,(H,26,27,28). The van der Waals surface area contributed by atoms with Gasteiger partial charge in [-0.3, -0.25) is 4.79 Å². The van der Waals surface area contributed by atoms with Crippen molar-refractivity contribution in [3.63, 3.8) is 0 Å². The Hall–Kier alpha value is -2.77. The van der Waals surface area contributed by atoms with Crippen LogP contribution in [0.4, 0.5) is 5.95 Å². The zero-order valence-electron chi connectivity index (χ0n) is 17.8. The van der Waals surface area contributed by atoms with Crippen LogP contribution in [-0.2, 0) is 10.5 Å². The van der Waals surface area contributed by atoms with Gasteiger partial charge in [0, 0.05) is 28.5 Å². The van der Waals surface area contributed by atoms with E-state index in [0.29, 0.717) is 33.9 Å². The number of nitrogens with one attached hydrogen (secondary N) is 1. The molecule has 2 aliphatic rings. The highest BCUT2D eigenvalue weighted by molar-refractivity contribution is 7.98. The SMILES string of the molecule is CC1(C)CC(=O)C2=C(C1)Nc1nc(SCc3ccccc3Cl)nn1C2c1cccc(O)c1. The third-order valence-corrected chi connectivity index (χ3v) is 7.07. The average Bonchev–Trinajstić information content (AvgIpc) is 3.13. The molecule has 8 heteroatoms. The number of benzene rings is 2. The first-order chi connectivity index (χ1) is 15.3. The number of phenols is 1. The van der Waals surface area contributed by atoms with Crippen LogP contribution in [0, 0.1) is 5.41 Å². The van der Waals surface area contributed by atoms with Gasteiger partial charge in [0.25, 0.3) is 0 Å². The number of carbonyl (C=O) groups is 1. The maximum atomic E-state index is 13.2. The minimum absolute atomic E-state index is 0.100. The number of nitrogens with zero attached hydrogens (tertiary/aromatic N) is 3. The number of phenolic OH excluding ortho intramolecular Hbond substituents is 1. The van der Waals surface area contributed by atoms with Crippen LogP contribution in [0.5, 0.6) is 5.75 Å². The van der Waals surface area contributed by atoms with Gasteiger partial charge in [-0.25, -0.2) is 4.68 Å². The predicted molar refractivity (Wildman–Crippen MR) is 126 cm³/mol. The van der Waals surface area contributed by atoms with Gasteiger partial charge in [-0.1, -0.05) is 67.5 Å². The molecule has 1 aliphatic carbocycles. The van der Waals surface area contributed by atoms with E-state index in [1.165, 1.54) is 11.8 Å². The number of carbonyl (C=O) groups excluding carboxylic acids is 1. The zero-order chi connectivity index (χ0) is 22.5. The van der Waals surface area contributed by atoms with Gasteiger partial charge in [-0.05, 0) is 41.2 Å². The molecule has 0 spiro atoms. The van der Waals surface area contributed by atoms with Gasteiger partial charge >= 0.3 is 0 Å². The van der Waals surface area contributed by atoms with E-state index in [4.69, 9.17) is 21.7 Å². The second kappa shape index (κ2) is 7.98. The molecule has 2 aromatic carbocycles. The number of hydrogen-bond donors (Lipinski definition) is 2. The first-order valence-electron chi connectivity index (χ1n) is 10.5. The lowest BCUT2D eigenvalue weighted by molar-refractivity contribution is -0.118. The summed E-state index contributed by atoms with van der Waals surface area (Å²) in [4.78, 5) is 17.9. The first kappa shape index (κ1) is 21.1. The Morgan fingerprint density at radius 2 is 2.03 bits per heavy atom. The van der Waals surface area contributed by atoms with Crippen molar-refractivity contribution in [3.8, 4) is 5.75 Å². The predicted octanol–water partition coefficient (Wildman–Crippen LogP) is 5.59. The molecule has 1 aliphatic heterocycles. The second-order valence-corrected chi connectivity index (χ2v) is 10.3. The Labute approximate surface area is 195 Å². The third-order valence-electron chi connectivity index (χ3n) is 5.81. The van der Waals surface area contributed by atoms with E-state index in [1.807, 2.05) is 30.3 Å². The minimum Gasteiger partial charge on any atom is -0.508 e. The number of halogens is 1. The van der Waals surface area contributed by atoms with Crippen molar-refractivity contribution in [2.75, 3.05) is 5.32 Å². The number of thioether (sulfide) groups is 1. The molecule has 0 bridgehead atoms. The Morgan fingerprint density at radius 1 is 1.22 bits per heavy atom. The van der Waals surface area contributed by atoms with Gasteiger partial charge in [0.2, 0.25) is 11.1 Å². The summed E-state index contributed by atoms with van der Waals surface area (Å²) in [7, 11) is 0. The lowest BCUT2D eigenvalue weighted by atomic mass is 9.73. The Bertz CT molecular complexity index is 1250. The van der Waals surface area contributed by atoms with Gasteiger partial charge in [-0.15, -0.1) is 5.10 Å². The number of aromatic nitrogens is 3. The van der Waals surface area contributed by atoms with Crippen LogP contribution in [0.2, 0.25) is 5.02 Å². The fourth-order valence-corrected chi connectivity index (χ4v) is 5.53. The van der Waals surface area contributed by atoms with Gasteiger partial charge in [0.15, 0.2) is 5.78 Å². The summed E-state index contributed by atoms with van der Waals surface area (Å²) in [6.07, 6.45) is 1.22. The molecule has 2 N–H and O–H groups in total. The fraction of sp³-hybridized carbons (Fsp3) is 0.292. The fourth-order valence-electron chi connectivity index (χ4n) is 4.41. The van der Waals surface area contributed by atoms with Crippen LogP contribution in [-0.4, -0.2) is 25.7 Å². The molecule has 0 saturated carbocycles. The summed E-state index contributed by atoms with van der Waals surface area (Å²) in [6, 6.07) is 14.3. The third kappa shape index (κ3) is 3.91. The number of anilines is 1. The maximum Gasteiger partial charge on any atom is 0.227 e. The van der Waals surface area contributed by atoms with Gasteiger partial charge in [-0.2, -0.15) is 4.98 Å². The van der Waals surface area contributed by atoms with Crippen molar-refractivity contribution in [2.24, 2.45) is 5.41 Å². The number of rotatable bonds is 4. The smallest absolute Gasteiger partial charge is 0.227 e. The minimum atomic E-state index is -0.431. The van der Waals surface area contributed by atoms with Crippen LogP contribution in [0.3, 0.4) is 0 Å². The molecule has 164 valence electrons. The van der Waals surface area contributed by atoms with Gasteiger partial charge < -0.3 is 10.4 Å². The number of aromatic hydroxyl groups is 1. The molecule has 1 aromatic heterocycles. The average molecular weight is 467 g/mol. The van der Waals surface area contributed by atoms with Crippen molar-refractivity contribution >= 4 is 35.1 Å². The monoisotopic (exact) mass is 466 g/mol. The largest absolute Gasteiger partial charge is 0.508 e. The van der Waals surface area contributed by atoms with Crippen LogP contribution in [0.1, 0.15) is 43.9 Å². The first-order valence-corrected chi connectivity index (χ1v) is 11.8. The van der Waals surface area contributed by atoms with E-state index in [0.717, 1.165) is 23.2 Å². The molecule has 5 rings (SSSR count). The number of fused-ring (bicyclic) bond motifs is 1. The molecule has 2 heterocycles. The molecular weight excluding hydrogens is 444 g/mol. The molecule has 0 radical (unpaired) electrons. The number of hydrogen-bond acceptors (Lipinski definition) is 6. The molecule has 1 atom stereocenters. The molecule has 0 fully saturated rings. The number of Topliss-reactive ketones (excluding diaryl/α,β-unsaturated/α-hetero) is 1. The summed E-state index contributed by atoms with van der Waals surface area (Å²) in [5, 5.41) is 19.5. The van der Waals surface area contributed by atoms with Gasteiger partial charge in [0.1, 0.15) is 11.8 Å². The summed E-state index contributed by atoms with van der Waals surface area (Å²) < 4.78 is 1.76. The summed E-state index contributed by atoms with van der Waals surface area (Å²) in [5.41, 5.74) is 3.28. The zero-order valence-corrected chi connectivity index (χ0v) is 19.4. The molecule has 6 nitrogen and oxygen atoms in total. The summed E-state index contributed by atoms with van der Waals surface area (Å²) in [6.45, 7) is 4.20. The van der Waals surface area contributed by atoms with E-state index in [1.54, 1.807) is 22.9 Å². The topological polar surface area (TPSA) is 80.0 Å². The van der Waals surface area contributed by atoms with E-state index >= 15 is 0 Å². The molecular formula is C24H23ClN4O2S. The molecule has 0 saturated heterocycles. The van der Waals surface area contributed by atoms with Crippen LogP contribution < -0.4 is 5.32 Å². The van der Waals surface area contributed by atoms with E-state index < -0.39 is 6.04 Å². The Kier molecular flexibility index (Phi) is 5.26. The summed E-state index contributed by atoms with van der Waals surface area (Å²) in [5.74, 6) is 1.49. The highest BCUT2D eigenvalue weighted by Gasteiger charge is 2.41. The Morgan fingerprint density at radius 3 is 2.81 bits per heavy atom. The van der Waals surface area contributed by atoms with Crippen LogP contribution in [0.25, 0.3) is 0 Å². The number of ketones is 1. The number of allylic oxidation sites excluding steroid dienone is 2. The van der Waals surface area contributed by atoms with Crippen molar-refractivity contribution in [1.82, 2.24) is 14.8 Å².